The standard InChI is InChI=1S/C16H29N3/c1-4-18(5-2)10-7-11-19-13(3)12-14-15(17)8-6-9-16(14)19/h12,15H,4-11,17H2,1-3H3. The summed E-state index contributed by atoms with van der Waals surface area (Å²) in [5.74, 6) is 0. The van der Waals surface area contributed by atoms with E-state index in [-0.39, 0.29) is 6.04 Å². The highest BCUT2D eigenvalue weighted by Gasteiger charge is 2.21. The van der Waals surface area contributed by atoms with Gasteiger partial charge in [0.15, 0.2) is 0 Å². The van der Waals surface area contributed by atoms with Crippen molar-refractivity contribution in [3.63, 3.8) is 0 Å². The number of rotatable bonds is 6. The third kappa shape index (κ3) is 3.21. The molecule has 1 heterocycles. The Labute approximate surface area is 117 Å². The topological polar surface area (TPSA) is 34.2 Å². The van der Waals surface area contributed by atoms with Crippen LogP contribution in [0.25, 0.3) is 0 Å². The minimum absolute atomic E-state index is 0.270. The number of aryl methyl sites for hydroxylation is 1. The minimum atomic E-state index is 0.270. The molecule has 0 radical (unpaired) electrons. The molecule has 1 atom stereocenters. The maximum absolute atomic E-state index is 6.23. The largest absolute Gasteiger partial charge is 0.348 e. The van der Waals surface area contributed by atoms with Crippen LogP contribution in [0, 0.1) is 6.92 Å². The van der Waals surface area contributed by atoms with Gasteiger partial charge in [0.2, 0.25) is 0 Å². The molecule has 0 spiro atoms. The van der Waals surface area contributed by atoms with Crippen LogP contribution in [-0.4, -0.2) is 29.1 Å². The molecule has 2 rings (SSSR count). The molecular formula is C16H29N3. The second kappa shape index (κ2) is 6.58. The Morgan fingerprint density at radius 3 is 2.79 bits per heavy atom. The molecule has 108 valence electrons. The normalized spacial score (nSPS) is 18.9. The third-order valence-electron chi connectivity index (χ3n) is 4.53. The molecule has 0 bridgehead atoms. The average Bonchev–Trinajstić information content (AvgIpc) is 2.73. The minimum Gasteiger partial charge on any atom is -0.348 e. The molecule has 0 amide bonds. The molecule has 0 aliphatic heterocycles. The molecule has 3 nitrogen and oxygen atoms in total. The van der Waals surface area contributed by atoms with E-state index in [2.05, 4.69) is 36.3 Å². The van der Waals surface area contributed by atoms with E-state index in [0.717, 1.165) is 26.1 Å². The SMILES string of the molecule is CCN(CC)CCCn1c(C)cc2c1CCCC2N. The second-order valence-electron chi connectivity index (χ2n) is 5.72. The molecule has 0 saturated heterocycles. The molecular weight excluding hydrogens is 234 g/mol. The molecule has 19 heavy (non-hydrogen) atoms. The van der Waals surface area contributed by atoms with Crippen molar-refractivity contribution in [1.82, 2.24) is 9.47 Å². The summed E-state index contributed by atoms with van der Waals surface area (Å²) in [6.45, 7) is 11.4. The van der Waals surface area contributed by atoms with Crippen LogP contribution in [-0.2, 0) is 13.0 Å². The first-order valence-corrected chi connectivity index (χ1v) is 7.84. The quantitative estimate of drug-likeness (QED) is 0.856. The lowest BCUT2D eigenvalue weighted by Crippen LogP contribution is -2.25. The van der Waals surface area contributed by atoms with Gasteiger partial charge in [-0.15, -0.1) is 0 Å². The fourth-order valence-electron chi connectivity index (χ4n) is 3.30. The van der Waals surface area contributed by atoms with E-state index in [0.29, 0.717) is 0 Å². The summed E-state index contributed by atoms with van der Waals surface area (Å²) < 4.78 is 2.51. The van der Waals surface area contributed by atoms with Gasteiger partial charge in [-0.05, 0) is 63.9 Å². The van der Waals surface area contributed by atoms with Gasteiger partial charge in [-0.3, -0.25) is 0 Å². The van der Waals surface area contributed by atoms with E-state index >= 15 is 0 Å². The summed E-state index contributed by atoms with van der Waals surface area (Å²) in [5, 5.41) is 0. The van der Waals surface area contributed by atoms with Gasteiger partial charge in [0.05, 0.1) is 0 Å². The molecule has 1 aromatic heterocycles. The maximum Gasteiger partial charge on any atom is 0.0313 e. The predicted molar refractivity (Wildman–Crippen MR) is 81.4 cm³/mol. The molecule has 1 aromatic rings. The Morgan fingerprint density at radius 1 is 1.37 bits per heavy atom. The molecule has 1 aliphatic carbocycles. The van der Waals surface area contributed by atoms with Gasteiger partial charge in [-0.1, -0.05) is 13.8 Å². The van der Waals surface area contributed by atoms with Crippen LogP contribution in [0.5, 0.6) is 0 Å². The van der Waals surface area contributed by atoms with Gasteiger partial charge in [-0.2, -0.15) is 0 Å². The van der Waals surface area contributed by atoms with Crippen molar-refractivity contribution in [1.29, 1.82) is 0 Å². The monoisotopic (exact) mass is 263 g/mol. The maximum atomic E-state index is 6.23. The lowest BCUT2D eigenvalue weighted by Gasteiger charge is -2.22. The van der Waals surface area contributed by atoms with E-state index in [9.17, 15) is 0 Å². The van der Waals surface area contributed by atoms with Crippen LogP contribution < -0.4 is 5.73 Å². The van der Waals surface area contributed by atoms with Crippen molar-refractivity contribution in [3.8, 4) is 0 Å². The number of nitrogens with zero attached hydrogens (tertiary/aromatic N) is 2. The van der Waals surface area contributed by atoms with Crippen LogP contribution in [0.1, 0.15) is 56.1 Å². The van der Waals surface area contributed by atoms with E-state index in [1.54, 1.807) is 0 Å². The van der Waals surface area contributed by atoms with Crippen molar-refractivity contribution in [2.24, 2.45) is 5.73 Å². The summed E-state index contributed by atoms with van der Waals surface area (Å²) in [5.41, 5.74) is 10.5. The van der Waals surface area contributed by atoms with Gasteiger partial charge >= 0.3 is 0 Å². The zero-order valence-corrected chi connectivity index (χ0v) is 12.8. The molecule has 0 saturated carbocycles. The van der Waals surface area contributed by atoms with E-state index < -0.39 is 0 Å². The van der Waals surface area contributed by atoms with Crippen molar-refractivity contribution >= 4 is 0 Å². The third-order valence-corrected chi connectivity index (χ3v) is 4.53. The molecule has 1 aliphatic rings. The van der Waals surface area contributed by atoms with Crippen molar-refractivity contribution in [2.75, 3.05) is 19.6 Å². The van der Waals surface area contributed by atoms with Crippen LogP contribution in [0.3, 0.4) is 0 Å². The van der Waals surface area contributed by atoms with Gasteiger partial charge in [-0.25, -0.2) is 0 Å². The number of fused-ring (bicyclic) bond motifs is 1. The van der Waals surface area contributed by atoms with Crippen molar-refractivity contribution < 1.29 is 0 Å². The number of aromatic nitrogens is 1. The predicted octanol–water partition coefficient (Wildman–Crippen LogP) is 2.86. The summed E-state index contributed by atoms with van der Waals surface area (Å²) >= 11 is 0. The highest BCUT2D eigenvalue weighted by molar-refractivity contribution is 5.32. The highest BCUT2D eigenvalue weighted by atomic mass is 15.1. The summed E-state index contributed by atoms with van der Waals surface area (Å²) in [7, 11) is 0. The fourth-order valence-corrected chi connectivity index (χ4v) is 3.30. The molecule has 0 fully saturated rings. The van der Waals surface area contributed by atoms with E-state index in [1.165, 1.54) is 42.8 Å². The fraction of sp³-hybridized carbons (Fsp3) is 0.750. The Bertz CT molecular complexity index is 404. The van der Waals surface area contributed by atoms with Crippen LogP contribution in [0.4, 0.5) is 0 Å². The Hall–Kier alpha value is -0.800. The Morgan fingerprint density at radius 2 is 2.11 bits per heavy atom. The van der Waals surface area contributed by atoms with Gasteiger partial charge in [0.25, 0.3) is 0 Å². The molecule has 2 N–H and O–H groups in total. The lowest BCUT2D eigenvalue weighted by atomic mass is 9.93. The van der Waals surface area contributed by atoms with E-state index in [4.69, 9.17) is 5.73 Å². The number of nitrogens with two attached hydrogens (primary N) is 1. The summed E-state index contributed by atoms with van der Waals surface area (Å²) in [6, 6.07) is 2.59. The summed E-state index contributed by atoms with van der Waals surface area (Å²) in [4.78, 5) is 2.50. The summed E-state index contributed by atoms with van der Waals surface area (Å²) in [6.07, 6.45) is 4.84. The van der Waals surface area contributed by atoms with Gasteiger partial charge in [0, 0.05) is 24.0 Å². The number of hydrogen-bond donors (Lipinski definition) is 1. The van der Waals surface area contributed by atoms with Gasteiger partial charge < -0.3 is 15.2 Å². The van der Waals surface area contributed by atoms with Crippen molar-refractivity contribution in [3.05, 3.63) is 23.0 Å². The number of hydrogen-bond acceptors (Lipinski definition) is 2. The highest BCUT2D eigenvalue weighted by Crippen LogP contribution is 2.30. The smallest absolute Gasteiger partial charge is 0.0313 e. The molecule has 1 unspecified atom stereocenters. The Kier molecular flexibility index (Phi) is 5.06. The zero-order valence-electron chi connectivity index (χ0n) is 12.8. The Balaban J connectivity index is 2.01. The van der Waals surface area contributed by atoms with Crippen LogP contribution in [0.15, 0.2) is 6.07 Å². The molecule has 3 heteroatoms. The van der Waals surface area contributed by atoms with Crippen LogP contribution >= 0.6 is 0 Å². The van der Waals surface area contributed by atoms with Gasteiger partial charge in [0.1, 0.15) is 0 Å². The first kappa shape index (κ1) is 14.6. The first-order valence-electron chi connectivity index (χ1n) is 7.84. The molecule has 0 aromatic carbocycles. The van der Waals surface area contributed by atoms with Crippen molar-refractivity contribution in [2.45, 2.75) is 59.0 Å². The lowest BCUT2D eigenvalue weighted by molar-refractivity contribution is 0.292. The average molecular weight is 263 g/mol. The van der Waals surface area contributed by atoms with E-state index in [1.807, 2.05) is 0 Å². The van der Waals surface area contributed by atoms with Crippen LogP contribution in [0.2, 0.25) is 0 Å². The second-order valence-corrected chi connectivity index (χ2v) is 5.72. The zero-order chi connectivity index (χ0) is 13.8. The first-order chi connectivity index (χ1) is 9.17.